The molecule has 1 aliphatic heterocycles. The van der Waals surface area contributed by atoms with Crippen LogP contribution in [0.2, 0.25) is 0 Å². The first-order chi connectivity index (χ1) is 17.1. The second-order valence-electron chi connectivity index (χ2n) is 8.46. The molecule has 0 spiro atoms. The molecule has 0 unspecified atom stereocenters. The third-order valence-corrected chi connectivity index (χ3v) is 6.92. The second kappa shape index (κ2) is 10.3. The van der Waals surface area contributed by atoms with Gasteiger partial charge >= 0.3 is 0 Å². The predicted molar refractivity (Wildman–Crippen MR) is 134 cm³/mol. The van der Waals surface area contributed by atoms with Crippen LogP contribution in [0, 0.1) is 0 Å². The highest BCUT2D eigenvalue weighted by atomic mass is 32.1. The Morgan fingerprint density at radius 1 is 1.00 bits per heavy atom. The summed E-state index contributed by atoms with van der Waals surface area (Å²) >= 11 is 1.37. The lowest BCUT2D eigenvalue weighted by Crippen LogP contribution is -2.38. The zero-order valence-corrected chi connectivity index (χ0v) is 20.3. The smallest absolute Gasteiger partial charge is 0.296 e. The highest BCUT2D eigenvalue weighted by molar-refractivity contribution is 7.15. The van der Waals surface area contributed by atoms with E-state index in [9.17, 15) is 9.59 Å². The molecule has 8 nitrogen and oxygen atoms in total. The molecule has 5 rings (SSSR count). The topological polar surface area (TPSA) is 86.0 Å². The maximum atomic E-state index is 12.5. The van der Waals surface area contributed by atoms with Gasteiger partial charge < -0.3 is 14.4 Å². The van der Waals surface area contributed by atoms with E-state index < -0.39 is 0 Å². The highest BCUT2D eigenvalue weighted by Crippen LogP contribution is 2.26. The minimum atomic E-state index is -0.323. The Labute approximate surface area is 206 Å². The van der Waals surface area contributed by atoms with Gasteiger partial charge in [-0.05, 0) is 61.2 Å². The molecule has 0 bridgehead atoms. The van der Waals surface area contributed by atoms with Crippen LogP contribution in [0.15, 0.2) is 58.7 Å². The molecule has 9 heteroatoms. The van der Waals surface area contributed by atoms with Gasteiger partial charge in [-0.15, -0.1) is 11.3 Å². The van der Waals surface area contributed by atoms with Crippen LogP contribution in [-0.2, 0) is 11.2 Å². The minimum absolute atomic E-state index is 0.0289. The van der Waals surface area contributed by atoms with E-state index in [0.29, 0.717) is 22.8 Å². The molecule has 3 heterocycles. The Hall–Kier alpha value is -3.72. The van der Waals surface area contributed by atoms with Crippen LogP contribution < -0.4 is 15.0 Å². The normalized spacial score (nSPS) is 13.7. The van der Waals surface area contributed by atoms with E-state index in [2.05, 4.69) is 10.1 Å². The molecule has 1 aliphatic rings. The number of aromatic nitrogens is 3. The van der Waals surface area contributed by atoms with E-state index in [1.165, 1.54) is 17.8 Å². The standard InChI is InChI=1S/C26H26N4O4S/c1-33-20-9-5-18(6-10-20)15-22-25(32)27-26-30(28-22)23(17-35-26)19-7-11-21(12-8-19)34-16-24(31)29-13-3-2-4-14-29/h5-12,17H,2-4,13-16H2,1H3. The molecule has 2 aromatic heterocycles. The van der Waals surface area contributed by atoms with E-state index in [4.69, 9.17) is 9.47 Å². The van der Waals surface area contributed by atoms with Crippen molar-refractivity contribution in [2.75, 3.05) is 26.8 Å². The predicted octanol–water partition coefficient (Wildman–Crippen LogP) is 3.81. The number of hydrogen-bond donors (Lipinski definition) is 0. The van der Waals surface area contributed by atoms with Crippen molar-refractivity contribution < 1.29 is 14.3 Å². The van der Waals surface area contributed by atoms with Crippen molar-refractivity contribution in [3.8, 4) is 22.8 Å². The van der Waals surface area contributed by atoms with E-state index in [-0.39, 0.29) is 18.1 Å². The van der Waals surface area contributed by atoms with Gasteiger partial charge in [0.2, 0.25) is 4.96 Å². The molecular formula is C26H26N4O4S. The van der Waals surface area contributed by atoms with Gasteiger partial charge in [-0.3, -0.25) is 9.59 Å². The molecule has 1 fully saturated rings. The molecule has 35 heavy (non-hydrogen) atoms. The summed E-state index contributed by atoms with van der Waals surface area (Å²) in [4.78, 5) is 31.5. The van der Waals surface area contributed by atoms with E-state index in [1.54, 1.807) is 11.6 Å². The van der Waals surface area contributed by atoms with Crippen molar-refractivity contribution >= 4 is 22.2 Å². The fraction of sp³-hybridized carbons (Fsp3) is 0.308. The zero-order valence-electron chi connectivity index (χ0n) is 19.5. The summed E-state index contributed by atoms with van der Waals surface area (Å²) in [6.45, 7) is 1.67. The Bertz CT molecular complexity index is 1370. The van der Waals surface area contributed by atoms with E-state index in [1.807, 2.05) is 58.8 Å². The van der Waals surface area contributed by atoms with E-state index >= 15 is 0 Å². The van der Waals surface area contributed by atoms with Crippen molar-refractivity contribution in [2.45, 2.75) is 25.7 Å². The minimum Gasteiger partial charge on any atom is -0.497 e. The molecule has 1 saturated heterocycles. The molecule has 0 atom stereocenters. The molecule has 0 radical (unpaired) electrons. The number of carbonyl (C=O) groups is 1. The maximum absolute atomic E-state index is 12.5. The Balaban J connectivity index is 1.32. The number of rotatable bonds is 7. The van der Waals surface area contributed by atoms with Crippen LogP contribution in [0.4, 0.5) is 0 Å². The first kappa shape index (κ1) is 23.0. The highest BCUT2D eigenvalue weighted by Gasteiger charge is 2.17. The molecule has 4 aromatic rings. The van der Waals surface area contributed by atoms with Gasteiger partial charge in [0.15, 0.2) is 6.61 Å². The number of thiazole rings is 1. The monoisotopic (exact) mass is 490 g/mol. The Kier molecular flexibility index (Phi) is 6.76. The quantitative estimate of drug-likeness (QED) is 0.392. The average molecular weight is 491 g/mol. The number of likely N-dealkylation sites (tertiary alicyclic amines) is 1. The summed E-state index contributed by atoms with van der Waals surface area (Å²) < 4.78 is 12.6. The fourth-order valence-corrected chi connectivity index (χ4v) is 4.96. The summed E-state index contributed by atoms with van der Waals surface area (Å²) in [5, 5.41) is 6.55. The molecule has 2 aromatic carbocycles. The first-order valence-electron chi connectivity index (χ1n) is 11.6. The molecule has 1 amide bonds. The molecule has 0 aliphatic carbocycles. The molecule has 0 N–H and O–H groups in total. The van der Waals surface area contributed by atoms with Crippen LogP contribution >= 0.6 is 11.3 Å². The molecular weight excluding hydrogens is 464 g/mol. The van der Waals surface area contributed by atoms with Crippen molar-refractivity contribution in [2.24, 2.45) is 0 Å². The van der Waals surface area contributed by atoms with Crippen LogP contribution in [0.1, 0.15) is 30.5 Å². The summed E-state index contributed by atoms with van der Waals surface area (Å²) in [6.07, 6.45) is 3.69. The molecule has 180 valence electrons. The van der Waals surface area contributed by atoms with Gasteiger partial charge in [-0.1, -0.05) is 12.1 Å². The summed E-state index contributed by atoms with van der Waals surface area (Å²) in [5.41, 5.74) is 2.76. The second-order valence-corrected chi connectivity index (χ2v) is 9.29. The third-order valence-electron chi connectivity index (χ3n) is 6.10. The number of carbonyl (C=O) groups excluding carboxylic acids is 1. The first-order valence-corrected chi connectivity index (χ1v) is 12.5. The number of amides is 1. The Morgan fingerprint density at radius 2 is 1.71 bits per heavy atom. The van der Waals surface area contributed by atoms with Crippen LogP contribution in [0.25, 0.3) is 16.2 Å². The maximum Gasteiger partial charge on any atom is 0.296 e. The zero-order chi connectivity index (χ0) is 24.2. The lowest BCUT2D eigenvalue weighted by molar-refractivity contribution is -0.134. The van der Waals surface area contributed by atoms with Gasteiger partial charge in [-0.25, -0.2) is 4.52 Å². The summed E-state index contributed by atoms with van der Waals surface area (Å²) in [5.74, 6) is 1.42. The van der Waals surface area contributed by atoms with Gasteiger partial charge in [0.05, 0.1) is 12.8 Å². The van der Waals surface area contributed by atoms with Crippen molar-refractivity contribution in [1.29, 1.82) is 0 Å². The van der Waals surface area contributed by atoms with Crippen LogP contribution in [0.3, 0.4) is 0 Å². The number of piperidine rings is 1. The van der Waals surface area contributed by atoms with Crippen molar-refractivity contribution in [3.05, 3.63) is 75.5 Å². The van der Waals surface area contributed by atoms with Gasteiger partial charge in [0.1, 0.15) is 17.2 Å². The fourth-order valence-electron chi connectivity index (χ4n) is 4.14. The lowest BCUT2D eigenvalue weighted by atomic mass is 10.1. The van der Waals surface area contributed by atoms with Gasteiger partial charge in [0, 0.05) is 30.5 Å². The number of hydrogen-bond acceptors (Lipinski definition) is 7. The number of fused-ring (bicyclic) bond motifs is 1. The summed E-state index contributed by atoms with van der Waals surface area (Å²) in [7, 11) is 1.62. The Morgan fingerprint density at radius 3 is 2.43 bits per heavy atom. The van der Waals surface area contributed by atoms with E-state index in [0.717, 1.165) is 48.5 Å². The van der Waals surface area contributed by atoms with Crippen LogP contribution in [-0.4, -0.2) is 52.2 Å². The van der Waals surface area contributed by atoms with Crippen LogP contribution in [0.5, 0.6) is 11.5 Å². The van der Waals surface area contributed by atoms with Gasteiger partial charge in [-0.2, -0.15) is 10.1 Å². The number of nitrogens with zero attached hydrogens (tertiary/aromatic N) is 4. The third kappa shape index (κ3) is 5.19. The SMILES string of the molecule is COc1ccc(Cc2nn3c(-c4ccc(OCC(=O)N5CCCCC5)cc4)csc3nc2=O)cc1. The largest absolute Gasteiger partial charge is 0.497 e. The van der Waals surface area contributed by atoms with Gasteiger partial charge in [0.25, 0.3) is 11.5 Å². The van der Waals surface area contributed by atoms with Crippen molar-refractivity contribution in [1.82, 2.24) is 19.5 Å². The summed E-state index contributed by atoms with van der Waals surface area (Å²) in [6, 6.07) is 15.1. The lowest BCUT2D eigenvalue weighted by Gasteiger charge is -2.26. The average Bonchev–Trinajstić information content (AvgIpc) is 3.31. The number of methoxy groups -OCH3 is 1. The number of benzene rings is 2. The number of ether oxygens (including phenoxy) is 2. The molecule has 0 saturated carbocycles. The van der Waals surface area contributed by atoms with Crippen molar-refractivity contribution in [3.63, 3.8) is 0 Å².